The van der Waals surface area contributed by atoms with Gasteiger partial charge in [-0.05, 0) is 48.9 Å². The van der Waals surface area contributed by atoms with Crippen molar-refractivity contribution in [2.45, 2.75) is 90.9 Å². The van der Waals surface area contributed by atoms with Crippen LogP contribution in [0.25, 0.3) is 0 Å². The lowest BCUT2D eigenvalue weighted by molar-refractivity contribution is 0.111. The average Bonchev–Trinajstić information content (AvgIpc) is 2.61. The molecule has 0 radical (unpaired) electrons. The zero-order chi connectivity index (χ0) is 17.6. The molecule has 1 rings (SSSR count). The molecule has 0 N–H and O–H groups in total. The lowest BCUT2D eigenvalue weighted by Crippen LogP contribution is -2.01. The summed E-state index contributed by atoms with van der Waals surface area (Å²) >= 11 is 0. The van der Waals surface area contributed by atoms with E-state index >= 15 is 0 Å². The number of unbranched alkanes of at least 4 members (excludes halogenated alkanes) is 8. The summed E-state index contributed by atoms with van der Waals surface area (Å²) < 4.78 is 0. The minimum Gasteiger partial charge on any atom is -0.298 e. The van der Waals surface area contributed by atoms with Gasteiger partial charge in [0.15, 0.2) is 0 Å². The van der Waals surface area contributed by atoms with Gasteiger partial charge >= 0.3 is 0 Å². The van der Waals surface area contributed by atoms with Crippen LogP contribution in [0, 0.1) is 0 Å². The number of rotatable bonds is 14. The molecule has 134 valence electrons. The topological polar surface area (TPSA) is 34.1 Å². The minimum atomic E-state index is 0.777. The van der Waals surface area contributed by atoms with E-state index in [9.17, 15) is 9.59 Å². The third-order valence-electron chi connectivity index (χ3n) is 4.75. The molecule has 1 aromatic rings. The maximum atomic E-state index is 11.4. The van der Waals surface area contributed by atoms with E-state index in [0.717, 1.165) is 60.5 Å². The number of hydrogen-bond donors (Lipinski definition) is 0. The van der Waals surface area contributed by atoms with Crippen LogP contribution >= 0.6 is 0 Å². The van der Waals surface area contributed by atoms with Gasteiger partial charge in [-0.2, -0.15) is 0 Å². The van der Waals surface area contributed by atoms with Crippen LogP contribution in [-0.2, 0) is 12.8 Å². The Kier molecular flexibility index (Phi) is 11.1. The van der Waals surface area contributed by atoms with Crippen molar-refractivity contribution in [3.05, 3.63) is 34.4 Å². The fourth-order valence-electron chi connectivity index (χ4n) is 3.22. The summed E-state index contributed by atoms with van der Waals surface area (Å²) in [5.74, 6) is 0. The summed E-state index contributed by atoms with van der Waals surface area (Å²) in [5.41, 5.74) is 3.64. The molecule has 0 aliphatic carbocycles. The molecule has 2 heteroatoms. The Bertz CT molecular complexity index is 445. The second-order valence-corrected chi connectivity index (χ2v) is 6.81. The van der Waals surface area contributed by atoms with Gasteiger partial charge in [-0.3, -0.25) is 9.59 Å². The van der Waals surface area contributed by atoms with Crippen molar-refractivity contribution >= 4 is 12.6 Å². The van der Waals surface area contributed by atoms with E-state index in [1.807, 2.05) is 12.1 Å². The normalized spacial score (nSPS) is 10.8. The number of carbonyl (C=O) groups excluding carboxylic acids is 2. The Morgan fingerprint density at radius 2 is 1.00 bits per heavy atom. The summed E-state index contributed by atoms with van der Waals surface area (Å²) in [4.78, 5) is 22.9. The zero-order valence-electron chi connectivity index (χ0n) is 15.6. The molecule has 0 amide bonds. The summed E-state index contributed by atoms with van der Waals surface area (Å²) in [6, 6.07) is 3.91. The maximum absolute atomic E-state index is 11.4. The number of hydrogen-bond acceptors (Lipinski definition) is 2. The Morgan fingerprint density at radius 1 is 0.625 bits per heavy atom. The van der Waals surface area contributed by atoms with Crippen LogP contribution < -0.4 is 0 Å². The second-order valence-electron chi connectivity index (χ2n) is 6.81. The highest BCUT2D eigenvalue weighted by atomic mass is 16.1. The van der Waals surface area contributed by atoms with Gasteiger partial charge in [-0.1, -0.05) is 65.2 Å². The van der Waals surface area contributed by atoms with Gasteiger partial charge in [0.25, 0.3) is 0 Å². The molecular formula is C22H34O2. The molecule has 0 heterocycles. The quantitative estimate of drug-likeness (QED) is 0.295. The molecule has 0 fully saturated rings. The molecule has 0 atom stereocenters. The first kappa shape index (κ1) is 20.6. The van der Waals surface area contributed by atoms with Crippen molar-refractivity contribution < 1.29 is 9.59 Å². The van der Waals surface area contributed by atoms with Crippen LogP contribution in [0.3, 0.4) is 0 Å². The molecule has 0 spiro atoms. The molecule has 0 bridgehead atoms. The third-order valence-corrected chi connectivity index (χ3v) is 4.75. The average molecular weight is 331 g/mol. The van der Waals surface area contributed by atoms with E-state index in [4.69, 9.17) is 0 Å². The summed E-state index contributed by atoms with van der Waals surface area (Å²) in [5, 5.41) is 0. The number of benzene rings is 1. The van der Waals surface area contributed by atoms with Crippen LogP contribution in [0.1, 0.15) is 110 Å². The first-order valence-electron chi connectivity index (χ1n) is 9.82. The Morgan fingerprint density at radius 3 is 1.33 bits per heavy atom. The lowest BCUT2D eigenvalue weighted by atomic mass is 9.93. The maximum Gasteiger partial charge on any atom is 0.150 e. The molecule has 0 unspecified atom stereocenters. The number of aldehydes is 2. The van der Waals surface area contributed by atoms with Gasteiger partial charge in [0, 0.05) is 11.1 Å². The highest BCUT2D eigenvalue weighted by Gasteiger charge is 2.09. The first-order valence-corrected chi connectivity index (χ1v) is 9.82. The van der Waals surface area contributed by atoms with Crippen molar-refractivity contribution in [3.63, 3.8) is 0 Å². The molecule has 2 nitrogen and oxygen atoms in total. The van der Waals surface area contributed by atoms with Gasteiger partial charge < -0.3 is 0 Å². The van der Waals surface area contributed by atoms with Crippen LogP contribution in [0.5, 0.6) is 0 Å². The van der Waals surface area contributed by atoms with Gasteiger partial charge in [0.05, 0.1) is 0 Å². The minimum absolute atomic E-state index is 0.777. The molecule has 0 aliphatic rings. The zero-order valence-corrected chi connectivity index (χ0v) is 15.6. The second kappa shape index (κ2) is 12.9. The number of aryl methyl sites for hydroxylation is 2. The van der Waals surface area contributed by atoms with Crippen LogP contribution in [-0.4, -0.2) is 12.6 Å². The lowest BCUT2D eigenvalue weighted by Gasteiger charge is -2.11. The van der Waals surface area contributed by atoms with Crippen LogP contribution in [0.15, 0.2) is 12.1 Å². The summed E-state index contributed by atoms with van der Waals surface area (Å²) in [6.45, 7) is 4.42. The van der Waals surface area contributed by atoms with Crippen molar-refractivity contribution in [3.8, 4) is 0 Å². The van der Waals surface area contributed by atoms with Gasteiger partial charge in [-0.15, -0.1) is 0 Å². The van der Waals surface area contributed by atoms with E-state index in [1.54, 1.807) is 0 Å². The molecular weight excluding hydrogens is 296 g/mol. The molecule has 0 aliphatic heterocycles. The monoisotopic (exact) mass is 330 g/mol. The number of carbonyl (C=O) groups is 2. The largest absolute Gasteiger partial charge is 0.298 e. The summed E-state index contributed by atoms with van der Waals surface area (Å²) in [6.07, 6.45) is 15.8. The molecule has 0 aromatic heterocycles. The molecule has 0 saturated heterocycles. The fourth-order valence-corrected chi connectivity index (χ4v) is 3.22. The van der Waals surface area contributed by atoms with Crippen molar-refractivity contribution in [1.82, 2.24) is 0 Å². The van der Waals surface area contributed by atoms with Crippen LogP contribution in [0.2, 0.25) is 0 Å². The Hall–Kier alpha value is -1.44. The molecule has 24 heavy (non-hydrogen) atoms. The smallest absolute Gasteiger partial charge is 0.150 e. The van der Waals surface area contributed by atoms with Gasteiger partial charge in [-0.25, -0.2) is 0 Å². The van der Waals surface area contributed by atoms with Crippen molar-refractivity contribution in [2.75, 3.05) is 0 Å². The van der Waals surface area contributed by atoms with E-state index in [-0.39, 0.29) is 0 Å². The van der Waals surface area contributed by atoms with Crippen molar-refractivity contribution in [2.24, 2.45) is 0 Å². The van der Waals surface area contributed by atoms with Crippen LogP contribution in [0.4, 0.5) is 0 Å². The highest BCUT2D eigenvalue weighted by Crippen LogP contribution is 2.20. The van der Waals surface area contributed by atoms with E-state index < -0.39 is 0 Å². The third kappa shape index (κ3) is 7.42. The summed E-state index contributed by atoms with van der Waals surface area (Å²) in [7, 11) is 0. The highest BCUT2D eigenvalue weighted by molar-refractivity contribution is 5.83. The fraction of sp³-hybridized carbons (Fsp3) is 0.636. The van der Waals surface area contributed by atoms with E-state index in [2.05, 4.69) is 13.8 Å². The SMILES string of the molecule is CCCCCCCc1cc(C=O)c(CCCCCCC)cc1C=O. The van der Waals surface area contributed by atoms with Gasteiger partial charge in [0.1, 0.15) is 12.6 Å². The van der Waals surface area contributed by atoms with Gasteiger partial charge in [0.2, 0.25) is 0 Å². The molecule has 1 aromatic carbocycles. The Balaban J connectivity index is 2.66. The standard InChI is InChI=1S/C22H34O2/c1-3-5-7-9-11-13-19-15-22(18-24)20(16-21(19)17-23)14-12-10-8-6-4-2/h15-18H,3-14H2,1-2H3. The van der Waals surface area contributed by atoms with Crippen molar-refractivity contribution in [1.29, 1.82) is 0 Å². The predicted molar refractivity (Wildman–Crippen MR) is 102 cm³/mol. The first-order chi connectivity index (χ1) is 11.8. The molecule has 0 saturated carbocycles. The van der Waals surface area contributed by atoms with E-state index in [1.165, 1.54) is 51.4 Å². The Labute approximate surface area is 148 Å². The van der Waals surface area contributed by atoms with E-state index in [0.29, 0.717) is 0 Å². The predicted octanol–water partition coefficient (Wildman–Crippen LogP) is 6.34.